The van der Waals surface area contributed by atoms with E-state index in [1.165, 1.54) is 51.3 Å². The number of fused-ring (bicyclic) bond motifs is 3. The lowest BCUT2D eigenvalue weighted by atomic mass is 9.98. The van der Waals surface area contributed by atoms with E-state index in [-0.39, 0.29) is 0 Å². The van der Waals surface area contributed by atoms with Gasteiger partial charge >= 0.3 is 0 Å². The van der Waals surface area contributed by atoms with E-state index in [0.717, 1.165) is 43.1 Å². The molecule has 224 valence electrons. The van der Waals surface area contributed by atoms with Crippen LogP contribution in [0.5, 0.6) is 0 Å². The van der Waals surface area contributed by atoms with Crippen molar-refractivity contribution >= 4 is 28.8 Å². The highest BCUT2D eigenvalue weighted by Gasteiger charge is 2.14. The molecule has 3 nitrogen and oxygen atoms in total. The first-order valence-electron chi connectivity index (χ1n) is 15.6. The third-order valence-electron chi connectivity index (χ3n) is 6.56. The van der Waals surface area contributed by atoms with Crippen LogP contribution in [0.15, 0.2) is 89.4 Å². The summed E-state index contributed by atoms with van der Waals surface area (Å²) >= 11 is 0. The van der Waals surface area contributed by atoms with Crippen LogP contribution in [0.1, 0.15) is 84.9 Å². The van der Waals surface area contributed by atoms with Gasteiger partial charge in [0.1, 0.15) is 11.0 Å². The number of nitrogens with one attached hydrogen (secondary N) is 2. The molecule has 0 saturated heterocycles. The molecule has 0 amide bonds. The summed E-state index contributed by atoms with van der Waals surface area (Å²) in [5.41, 5.74) is 8.42. The van der Waals surface area contributed by atoms with Gasteiger partial charge in [0.2, 0.25) is 0 Å². The normalized spacial score (nSPS) is 12.1. The summed E-state index contributed by atoms with van der Waals surface area (Å²) in [5, 5.41) is 9.62. The Morgan fingerprint density at radius 2 is 1.69 bits per heavy atom. The molecule has 0 unspecified atom stereocenters. The Morgan fingerprint density at radius 1 is 0.952 bits per heavy atom. The molecule has 0 spiro atoms. The number of aromatic nitrogens is 1. The Kier molecular flexibility index (Phi) is 15.8. The van der Waals surface area contributed by atoms with Gasteiger partial charge in [-0.1, -0.05) is 114 Å². The van der Waals surface area contributed by atoms with E-state index in [1.807, 2.05) is 31.2 Å². The molecule has 0 radical (unpaired) electrons. The van der Waals surface area contributed by atoms with Crippen LogP contribution in [0.4, 0.5) is 0 Å². The Labute approximate surface area is 254 Å². The van der Waals surface area contributed by atoms with Gasteiger partial charge in [-0.3, -0.25) is 0 Å². The lowest BCUT2D eigenvalue weighted by molar-refractivity contribution is 0.555. The highest BCUT2D eigenvalue weighted by molar-refractivity contribution is 5.83. The zero-order valence-electron chi connectivity index (χ0n) is 27.0. The van der Waals surface area contributed by atoms with Crippen LogP contribution in [0.25, 0.3) is 33.9 Å². The van der Waals surface area contributed by atoms with E-state index in [2.05, 4.69) is 107 Å². The number of hydrogen-bond donors (Lipinski definition) is 2. The highest BCUT2D eigenvalue weighted by Crippen LogP contribution is 2.22. The van der Waals surface area contributed by atoms with E-state index in [4.69, 9.17) is 9.83 Å². The number of rotatable bonds is 7. The van der Waals surface area contributed by atoms with Gasteiger partial charge in [0.25, 0.3) is 0 Å². The third-order valence-corrected chi connectivity index (χ3v) is 6.56. The number of para-hydroxylation sites is 1. The summed E-state index contributed by atoms with van der Waals surface area (Å²) in [6.45, 7) is 15.0. The molecule has 0 aliphatic heterocycles. The second-order valence-corrected chi connectivity index (χ2v) is 11.0. The average molecular weight is 565 g/mol. The minimum atomic E-state index is 0.621. The molecule has 0 atom stereocenters. The van der Waals surface area contributed by atoms with Crippen LogP contribution in [0.2, 0.25) is 0 Å². The Morgan fingerprint density at radius 3 is 2.26 bits per heavy atom. The van der Waals surface area contributed by atoms with Crippen molar-refractivity contribution in [2.45, 2.75) is 87.0 Å². The molecule has 0 saturated carbocycles. The fourth-order valence-corrected chi connectivity index (χ4v) is 4.77. The Balaban J connectivity index is 0.000000257. The van der Waals surface area contributed by atoms with Gasteiger partial charge in [0.15, 0.2) is 0 Å². The number of benzene rings is 2. The van der Waals surface area contributed by atoms with Gasteiger partial charge in [-0.05, 0) is 86.8 Å². The predicted molar refractivity (Wildman–Crippen MR) is 186 cm³/mol. The molecule has 4 aromatic rings. The average Bonchev–Trinajstić information content (AvgIpc) is 3.60. The number of furan rings is 1. The van der Waals surface area contributed by atoms with E-state index in [1.54, 1.807) is 6.08 Å². The van der Waals surface area contributed by atoms with Crippen molar-refractivity contribution < 1.29 is 4.42 Å². The first-order chi connectivity index (χ1) is 20.4. The molecule has 2 N–H and O–H groups in total. The maximum Gasteiger partial charge on any atom is 0.138 e. The molecule has 1 aliphatic rings. The Bertz CT molecular complexity index is 1510. The third kappa shape index (κ3) is 10.9. The molecular formula is C39H52N2O. The van der Waals surface area contributed by atoms with E-state index < -0.39 is 0 Å². The smallest absolute Gasteiger partial charge is 0.138 e. The minimum absolute atomic E-state index is 0.621. The van der Waals surface area contributed by atoms with Crippen LogP contribution in [0.3, 0.4) is 0 Å². The molecule has 3 heteroatoms. The standard InChI is InChI=1S/C20H23NO.C11H11N.C5H10.C3H8/c1-14(2)13-16-9-6-11-18-17-10-5-8-15(7-3-4-12-21)19(17)22-20(16)18;1-9-7-8-11(12-9)10-5-3-2-4-6-10;1-3-5-4-2;1-3-2/h3-4,6,9-12,14,21H,5,7-8,13H2,1-2H3;2-8,12H,1H3;3,5H,4H2,1-2H3;3H2,1-2H3/b4-3-,21-12?;;;. The van der Waals surface area contributed by atoms with E-state index >= 15 is 0 Å². The molecule has 0 bridgehead atoms. The van der Waals surface area contributed by atoms with Crippen molar-refractivity contribution in [3.63, 3.8) is 0 Å². The molecule has 42 heavy (non-hydrogen) atoms. The zero-order chi connectivity index (χ0) is 30.7. The van der Waals surface area contributed by atoms with Gasteiger partial charge < -0.3 is 14.8 Å². The summed E-state index contributed by atoms with van der Waals surface area (Å²) < 4.78 is 6.31. The molecule has 2 aromatic carbocycles. The summed E-state index contributed by atoms with van der Waals surface area (Å²) in [6, 6.07) is 21.0. The van der Waals surface area contributed by atoms with Crippen molar-refractivity contribution in [2.24, 2.45) is 5.92 Å². The van der Waals surface area contributed by atoms with Crippen LogP contribution in [-0.2, 0) is 6.42 Å². The molecule has 2 aromatic heterocycles. The molecule has 1 aliphatic carbocycles. The van der Waals surface area contributed by atoms with Crippen LogP contribution >= 0.6 is 0 Å². The zero-order valence-corrected chi connectivity index (χ0v) is 27.0. The van der Waals surface area contributed by atoms with Crippen LogP contribution < -0.4 is 10.6 Å². The summed E-state index contributed by atoms with van der Waals surface area (Å²) in [7, 11) is 0. The van der Waals surface area contributed by atoms with Crippen LogP contribution in [-0.4, -0.2) is 11.2 Å². The number of H-pyrrole nitrogens is 1. The SMILES string of the molecule is CC(C)Cc1cccc2c3c(oc12)=C(C/C=C\C=N)CCC=3.CC=CCC.CCC.Cc1ccc(-c2ccccc2)[nH]1. The molecule has 5 rings (SSSR count). The number of aromatic amines is 1. The van der Waals surface area contributed by atoms with Crippen molar-refractivity contribution in [2.75, 3.05) is 0 Å². The maximum atomic E-state index is 7.10. The quantitative estimate of drug-likeness (QED) is 0.170. The van der Waals surface area contributed by atoms with E-state index in [9.17, 15) is 0 Å². The van der Waals surface area contributed by atoms with E-state index in [0.29, 0.717) is 5.92 Å². The highest BCUT2D eigenvalue weighted by atomic mass is 16.3. The second-order valence-electron chi connectivity index (χ2n) is 11.0. The molecule has 0 fully saturated rings. The first kappa shape index (κ1) is 34.4. The van der Waals surface area contributed by atoms with Crippen molar-refractivity contribution in [3.05, 3.63) is 107 Å². The monoisotopic (exact) mass is 564 g/mol. The van der Waals surface area contributed by atoms with Crippen molar-refractivity contribution in [3.8, 4) is 11.3 Å². The van der Waals surface area contributed by atoms with Gasteiger partial charge in [-0.25, -0.2) is 0 Å². The minimum Gasteiger partial charge on any atom is -0.456 e. The lowest BCUT2D eigenvalue weighted by Gasteiger charge is -2.04. The largest absolute Gasteiger partial charge is 0.456 e. The topological polar surface area (TPSA) is 52.8 Å². The fraction of sp³-hybridized carbons (Fsp3) is 0.359. The Hall–Kier alpha value is -3.85. The molecular weight excluding hydrogens is 512 g/mol. The predicted octanol–water partition coefficient (Wildman–Crippen LogP) is 10.3. The number of aryl methyl sites for hydroxylation is 1. The van der Waals surface area contributed by atoms with Gasteiger partial charge in [-0.2, -0.15) is 0 Å². The summed E-state index contributed by atoms with van der Waals surface area (Å²) in [5.74, 6) is 0.621. The summed E-state index contributed by atoms with van der Waals surface area (Å²) in [6.07, 6.45) is 18.1. The van der Waals surface area contributed by atoms with Gasteiger partial charge in [0, 0.05) is 28.2 Å². The van der Waals surface area contributed by atoms with Gasteiger partial charge in [-0.15, -0.1) is 0 Å². The summed E-state index contributed by atoms with van der Waals surface area (Å²) in [4.78, 5) is 3.29. The van der Waals surface area contributed by atoms with Crippen molar-refractivity contribution in [1.82, 2.24) is 4.98 Å². The number of hydrogen-bond acceptors (Lipinski definition) is 2. The van der Waals surface area contributed by atoms with Crippen molar-refractivity contribution in [1.29, 1.82) is 5.41 Å². The fourth-order valence-electron chi connectivity index (χ4n) is 4.77. The second kappa shape index (κ2) is 19.3. The number of allylic oxidation sites excluding steroid dienone is 4. The molecule has 2 heterocycles. The lowest BCUT2D eigenvalue weighted by Crippen LogP contribution is -2.25. The van der Waals surface area contributed by atoms with Crippen LogP contribution in [0, 0.1) is 18.3 Å². The van der Waals surface area contributed by atoms with Gasteiger partial charge in [0.05, 0.1) is 0 Å². The first-order valence-corrected chi connectivity index (χ1v) is 15.6. The maximum absolute atomic E-state index is 7.10.